The maximum absolute atomic E-state index is 6.29. The molecule has 1 saturated heterocycles. The first-order chi connectivity index (χ1) is 12.2. The fraction of sp³-hybridized carbons (Fsp3) is 0.600. The van der Waals surface area contributed by atoms with Crippen LogP contribution in [0, 0.1) is 0 Å². The van der Waals surface area contributed by atoms with Gasteiger partial charge in [0.2, 0.25) is 5.95 Å². The maximum atomic E-state index is 6.29. The second-order valence-electron chi connectivity index (χ2n) is 8.05. The van der Waals surface area contributed by atoms with Crippen molar-refractivity contribution < 1.29 is 4.74 Å². The lowest BCUT2D eigenvalue weighted by molar-refractivity contribution is -0.142. The van der Waals surface area contributed by atoms with Crippen LogP contribution in [0.5, 0.6) is 0 Å². The molecular weight excluding hydrogens is 312 g/mol. The van der Waals surface area contributed by atoms with E-state index < -0.39 is 0 Å². The van der Waals surface area contributed by atoms with Gasteiger partial charge in [-0.1, -0.05) is 30.3 Å². The molecule has 25 heavy (non-hydrogen) atoms. The van der Waals surface area contributed by atoms with Crippen LogP contribution in [-0.4, -0.2) is 39.6 Å². The van der Waals surface area contributed by atoms with E-state index in [0.717, 1.165) is 25.6 Å². The Hall–Kier alpha value is -1.88. The molecule has 132 valence electrons. The van der Waals surface area contributed by atoms with E-state index in [1.54, 1.807) is 0 Å². The van der Waals surface area contributed by atoms with E-state index >= 15 is 0 Å². The number of benzene rings is 1. The van der Waals surface area contributed by atoms with Crippen molar-refractivity contribution in [3.05, 3.63) is 41.7 Å². The number of hydrogen-bond donors (Lipinski definition) is 0. The molecular formula is C20H26N4O. The van der Waals surface area contributed by atoms with Crippen LogP contribution in [0.4, 0.5) is 5.95 Å². The fourth-order valence-corrected chi connectivity index (χ4v) is 4.33. The summed E-state index contributed by atoms with van der Waals surface area (Å²) >= 11 is 0. The first kappa shape index (κ1) is 15.4. The average Bonchev–Trinajstić information content (AvgIpc) is 3.35. The summed E-state index contributed by atoms with van der Waals surface area (Å²) < 4.78 is 8.65. The Morgan fingerprint density at radius 1 is 1.16 bits per heavy atom. The maximum Gasteiger partial charge on any atom is 0.227 e. The molecule has 3 aliphatic rings. The van der Waals surface area contributed by atoms with Gasteiger partial charge in [-0.25, -0.2) is 0 Å². The second-order valence-corrected chi connectivity index (χ2v) is 8.05. The van der Waals surface area contributed by atoms with Crippen molar-refractivity contribution in [2.24, 2.45) is 0 Å². The zero-order chi connectivity index (χ0) is 16.9. The molecule has 2 heterocycles. The van der Waals surface area contributed by atoms with Gasteiger partial charge in [-0.05, 0) is 44.6 Å². The third-order valence-corrected chi connectivity index (χ3v) is 5.84. The number of aromatic nitrogens is 3. The summed E-state index contributed by atoms with van der Waals surface area (Å²) in [7, 11) is 0. The lowest BCUT2D eigenvalue weighted by Gasteiger charge is -2.50. The third kappa shape index (κ3) is 2.84. The Balaban J connectivity index is 1.48. The Morgan fingerprint density at radius 2 is 1.96 bits per heavy atom. The quantitative estimate of drug-likeness (QED) is 0.857. The van der Waals surface area contributed by atoms with Crippen molar-refractivity contribution in [2.45, 2.75) is 63.2 Å². The van der Waals surface area contributed by atoms with E-state index in [2.05, 4.69) is 56.9 Å². The molecule has 1 aromatic heterocycles. The average molecular weight is 338 g/mol. The normalized spacial score (nSPS) is 25.2. The van der Waals surface area contributed by atoms with E-state index in [4.69, 9.17) is 4.74 Å². The summed E-state index contributed by atoms with van der Waals surface area (Å²) in [5.74, 6) is 2.80. The summed E-state index contributed by atoms with van der Waals surface area (Å²) in [5.41, 5.74) is 1.37. The summed E-state index contributed by atoms with van der Waals surface area (Å²) in [4.78, 5) is 2.43. The van der Waals surface area contributed by atoms with Gasteiger partial charge in [0.25, 0.3) is 0 Å². The summed E-state index contributed by atoms with van der Waals surface area (Å²) in [6, 6.07) is 10.7. The molecule has 1 unspecified atom stereocenters. The Kier molecular flexibility index (Phi) is 3.59. The van der Waals surface area contributed by atoms with E-state index in [-0.39, 0.29) is 11.7 Å². The highest BCUT2D eigenvalue weighted by atomic mass is 16.5. The molecule has 0 N–H and O–H groups in total. The van der Waals surface area contributed by atoms with Gasteiger partial charge >= 0.3 is 0 Å². The van der Waals surface area contributed by atoms with Gasteiger partial charge in [0.05, 0.1) is 18.2 Å². The predicted molar refractivity (Wildman–Crippen MR) is 96.9 cm³/mol. The van der Waals surface area contributed by atoms with Crippen LogP contribution in [0.1, 0.15) is 56.3 Å². The Bertz CT molecular complexity index is 748. The van der Waals surface area contributed by atoms with Crippen LogP contribution < -0.4 is 4.90 Å². The van der Waals surface area contributed by atoms with Crippen molar-refractivity contribution in [3.63, 3.8) is 0 Å². The molecule has 1 aliphatic heterocycles. The lowest BCUT2D eigenvalue weighted by Crippen LogP contribution is -2.59. The van der Waals surface area contributed by atoms with Crippen LogP contribution in [0.15, 0.2) is 30.3 Å². The molecule has 5 rings (SSSR count). The molecule has 0 radical (unpaired) electrons. The van der Waals surface area contributed by atoms with E-state index in [1.165, 1.54) is 43.5 Å². The number of hydrogen-bond acceptors (Lipinski definition) is 4. The highest BCUT2D eigenvalue weighted by Gasteiger charge is 2.45. The van der Waals surface area contributed by atoms with E-state index in [9.17, 15) is 0 Å². The van der Waals surface area contributed by atoms with Gasteiger partial charge in [0.1, 0.15) is 5.82 Å². The van der Waals surface area contributed by atoms with Gasteiger partial charge in [-0.15, -0.1) is 10.2 Å². The molecule has 2 aromatic rings. The predicted octanol–water partition coefficient (Wildman–Crippen LogP) is 3.35. The zero-order valence-corrected chi connectivity index (χ0v) is 14.9. The van der Waals surface area contributed by atoms with E-state index in [0.29, 0.717) is 5.92 Å². The molecule has 2 aliphatic carbocycles. The summed E-state index contributed by atoms with van der Waals surface area (Å²) in [6.45, 7) is 4.90. The first-order valence-corrected chi connectivity index (χ1v) is 9.62. The number of rotatable bonds is 4. The topological polar surface area (TPSA) is 43.2 Å². The number of anilines is 1. The number of morpholine rings is 1. The molecule has 1 atom stereocenters. The van der Waals surface area contributed by atoms with Crippen LogP contribution in [0.3, 0.4) is 0 Å². The standard InChI is InChI=1S/C20H26N4O/c1-15-12-23(14-20(25-15)10-5-11-20)19-22-21-18(17-8-9-17)24(19)13-16-6-3-2-4-7-16/h2-4,6-7,15,17H,5,8-14H2,1H3. The molecule has 3 fully saturated rings. The van der Waals surface area contributed by atoms with Gasteiger partial charge in [0, 0.05) is 19.0 Å². The largest absolute Gasteiger partial charge is 0.368 e. The lowest BCUT2D eigenvalue weighted by atomic mass is 9.78. The molecule has 5 nitrogen and oxygen atoms in total. The van der Waals surface area contributed by atoms with Crippen LogP contribution in [0.2, 0.25) is 0 Å². The van der Waals surface area contributed by atoms with Gasteiger partial charge in [0.15, 0.2) is 0 Å². The monoisotopic (exact) mass is 338 g/mol. The van der Waals surface area contributed by atoms with Crippen molar-refractivity contribution >= 4 is 5.95 Å². The minimum absolute atomic E-state index is 0.0565. The SMILES string of the molecule is CC1CN(c2nnc(C3CC3)n2Cc2ccccc2)CC2(CCC2)O1. The Morgan fingerprint density at radius 3 is 2.64 bits per heavy atom. The highest BCUT2D eigenvalue weighted by Crippen LogP contribution is 2.43. The van der Waals surface area contributed by atoms with E-state index in [1.807, 2.05) is 0 Å². The molecule has 0 bridgehead atoms. The minimum Gasteiger partial charge on any atom is -0.368 e. The smallest absolute Gasteiger partial charge is 0.227 e. The summed E-state index contributed by atoms with van der Waals surface area (Å²) in [6.07, 6.45) is 6.38. The fourth-order valence-electron chi connectivity index (χ4n) is 4.33. The minimum atomic E-state index is 0.0565. The van der Waals surface area contributed by atoms with Crippen molar-refractivity contribution in [2.75, 3.05) is 18.0 Å². The van der Waals surface area contributed by atoms with Gasteiger partial charge in [-0.2, -0.15) is 0 Å². The molecule has 1 spiro atoms. The van der Waals surface area contributed by atoms with Crippen LogP contribution in [0.25, 0.3) is 0 Å². The summed E-state index contributed by atoms with van der Waals surface area (Å²) in [5, 5.41) is 9.24. The third-order valence-electron chi connectivity index (χ3n) is 5.84. The van der Waals surface area contributed by atoms with Crippen molar-refractivity contribution in [3.8, 4) is 0 Å². The van der Waals surface area contributed by atoms with Crippen molar-refractivity contribution in [1.29, 1.82) is 0 Å². The number of nitrogens with zero attached hydrogens (tertiary/aromatic N) is 4. The highest BCUT2D eigenvalue weighted by molar-refractivity contribution is 5.36. The molecule has 1 aromatic carbocycles. The molecule has 2 saturated carbocycles. The Labute approximate surface area is 149 Å². The number of ether oxygens (including phenoxy) is 1. The van der Waals surface area contributed by atoms with Gasteiger partial charge in [-0.3, -0.25) is 4.57 Å². The van der Waals surface area contributed by atoms with Crippen LogP contribution in [-0.2, 0) is 11.3 Å². The van der Waals surface area contributed by atoms with Crippen LogP contribution >= 0.6 is 0 Å². The zero-order valence-electron chi connectivity index (χ0n) is 14.9. The second kappa shape index (κ2) is 5.84. The van der Waals surface area contributed by atoms with Crippen molar-refractivity contribution in [1.82, 2.24) is 14.8 Å². The molecule has 0 amide bonds. The first-order valence-electron chi connectivity index (χ1n) is 9.62. The molecule has 5 heteroatoms. The van der Waals surface area contributed by atoms with Gasteiger partial charge < -0.3 is 9.64 Å².